The zero-order valence-electron chi connectivity index (χ0n) is 15.0. The van der Waals surface area contributed by atoms with Crippen molar-refractivity contribution >= 4 is 21.5 Å². The Morgan fingerprint density at radius 3 is 1.96 bits per heavy atom. The van der Waals surface area contributed by atoms with Gasteiger partial charge in [-0.3, -0.25) is 0 Å². The molecule has 138 valence electrons. The molecule has 1 atom stereocenters. The van der Waals surface area contributed by atoms with Crippen LogP contribution in [0.25, 0.3) is 0 Å². The van der Waals surface area contributed by atoms with Crippen LogP contribution in [-0.2, 0) is 10.1 Å². The third kappa shape index (κ3) is 4.96. The molecule has 1 aliphatic heterocycles. The molecule has 0 radical (unpaired) electrons. The summed E-state index contributed by atoms with van der Waals surface area (Å²) in [6.45, 7) is 9.66. The summed E-state index contributed by atoms with van der Waals surface area (Å²) in [4.78, 5) is 2.50. The highest BCUT2D eigenvalue weighted by molar-refractivity contribution is 7.85. The van der Waals surface area contributed by atoms with E-state index in [0.29, 0.717) is 19.1 Å². The van der Waals surface area contributed by atoms with Crippen molar-refractivity contribution in [1.29, 1.82) is 0 Å². The second-order valence-corrected chi connectivity index (χ2v) is 8.86. The lowest BCUT2D eigenvalue weighted by Gasteiger charge is -2.15. The lowest BCUT2D eigenvalue weighted by Crippen LogP contribution is -2.14. The van der Waals surface area contributed by atoms with Gasteiger partial charge < -0.3 is 14.0 Å². The predicted octanol–water partition coefficient (Wildman–Crippen LogP) is 3.75. The summed E-state index contributed by atoms with van der Waals surface area (Å²) in [5.74, 6) is 2.34. The van der Waals surface area contributed by atoms with Crippen molar-refractivity contribution < 1.29 is 22.4 Å². The Labute approximate surface area is 153 Å². The second kappa shape index (κ2) is 8.21. The molecule has 7 heteroatoms. The van der Waals surface area contributed by atoms with Crippen LogP contribution >= 0.6 is 11.3 Å². The third-order valence-electron chi connectivity index (χ3n) is 4.10. The van der Waals surface area contributed by atoms with E-state index in [0.717, 1.165) is 23.5 Å². The van der Waals surface area contributed by atoms with Crippen molar-refractivity contribution in [2.24, 2.45) is 0 Å². The first-order chi connectivity index (χ1) is 11.7. The molecule has 1 unspecified atom stereocenters. The minimum Gasteiger partial charge on any atom is -0.485 e. The van der Waals surface area contributed by atoms with Gasteiger partial charge in [0.05, 0.1) is 0 Å². The fourth-order valence-corrected chi connectivity index (χ4v) is 3.92. The molecule has 0 saturated heterocycles. The van der Waals surface area contributed by atoms with E-state index >= 15 is 0 Å². The quantitative estimate of drug-likeness (QED) is 0.754. The van der Waals surface area contributed by atoms with Gasteiger partial charge in [0.2, 0.25) is 0 Å². The van der Waals surface area contributed by atoms with Crippen molar-refractivity contribution in [2.45, 2.75) is 44.9 Å². The van der Waals surface area contributed by atoms with Crippen LogP contribution in [0.4, 0.5) is 0 Å². The predicted molar refractivity (Wildman–Crippen MR) is 101 cm³/mol. The summed E-state index contributed by atoms with van der Waals surface area (Å²) in [6.07, 6.45) is 1.02. The van der Waals surface area contributed by atoms with Crippen LogP contribution in [0.1, 0.15) is 41.5 Å². The molecule has 0 spiro atoms. The van der Waals surface area contributed by atoms with Crippen LogP contribution in [0.2, 0.25) is 0 Å². The number of fused-ring (bicyclic) bond motifs is 1. The van der Waals surface area contributed by atoms with Crippen molar-refractivity contribution in [1.82, 2.24) is 0 Å². The van der Waals surface area contributed by atoms with E-state index in [2.05, 4.69) is 27.7 Å². The molecule has 3 rings (SSSR count). The van der Waals surface area contributed by atoms with Gasteiger partial charge in [0.25, 0.3) is 0 Å². The Kier molecular flexibility index (Phi) is 6.48. The standard InChI is InChI=1S/C10H14O3S.C8H10O2S/c1-3-8(2)9-4-6-10(7-5-9)14(11,12)13;1-5-7-8(6(2)11-5)10-4-3-9-7/h4-8H,3H2,1-2H3,(H,11,12,13);3-4H2,1-2H3/p+1. The average molecular weight is 386 g/mol. The number of ether oxygens (including phenoxy) is 2. The van der Waals surface area contributed by atoms with Crippen LogP contribution < -0.4 is 9.47 Å². The van der Waals surface area contributed by atoms with E-state index in [9.17, 15) is 8.42 Å². The average Bonchev–Trinajstić information content (AvgIpc) is 2.89. The van der Waals surface area contributed by atoms with E-state index in [1.807, 2.05) is 0 Å². The monoisotopic (exact) mass is 385 g/mol. The zero-order valence-corrected chi connectivity index (χ0v) is 16.6. The second-order valence-electron chi connectivity index (χ2n) is 5.95. The molecule has 0 saturated carbocycles. The molecule has 1 aliphatic rings. The first-order valence-electron chi connectivity index (χ1n) is 8.19. The first-order valence-corrected chi connectivity index (χ1v) is 10.5. The molecule has 1 aromatic heterocycles. The van der Waals surface area contributed by atoms with Gasteiger partial charge in [0.1, 0.15) is 18.1 Å². The molecule has 5 nitrogen and oxygen atoms in total. The van der Waals surface area contributed by atoms with Crippen molar-refractivity contribution in [3.63, 3.8) is 0 Å². The maximum Gasteiger partial charge on any atom is 0.409 e. The highest BCUT2D eigenvalue weighted by Crippen LogP contribution is 2.42. The Balaban J connectivity index is 0.000000185. The van der Waals surface area contributed by atoms with Crippen LogP contribution in [0.3, 0.4) is 0 Å². The largest absolute Gasteiger partial charge is 0.485 e. The molecule has 0 fully saturated rings. The number of thiophene rings is 1. The van der Waals surface area contributed by atoms with E-state index in [1.54, 1.807) is 23.5 Å². The topological polar surface area (TPSA) is 75.5 Å². The maximum atomic E-state index is 10.9. The first kappa shape index (κ1) is 19.8. The van der Waals surface area contributed by atoms with Crippen molar-refractivity contribution in [3.8, 4) is 11.5 Å². The fraction of sp³-hybridized carbons (Fsp3) is 0.444. The molecule has 0 bridgehead atoms. The number of hydrogen-bond donors (Lipinski definition) is 0. The summed E-state index contributed by atoms with van der Waals surface area (Å²) in [7, 11) is -3.80. The van der Waals surface area contributed by atoms with E-state index < -0.39 is 10.1 Å². The minimum absolute atomic E-state index is 0.0598. The lowest BCUT2D eigenvalue weighted by molar-refractivity contribution is 0.171. The summed E-state index contributed by atoms with van der Waals surface area (Å²) in [6, 6.07) is 6.53. The van der Waals surface area contributed by atoms with Gasteiger partial charge in [0.15, 0.2) is 11.5 Å². The van der Waals surface area contributed by atoms with E-state index in [4.69, 9.17) is 14.0 Å². The lowest BCUT2D eigenvalue weighted by atomic mass is 9.99. The third-order valence-corrected chi connectivity index (χ3v) is 5.98. The summed E-state index contributed by atoms with van der Waals surface area (Å²) in [5.41, 5.74) is 1.11. The van der Waals surface area contributed by atoms with Gasteiger partial charge in [-0.05, 0) is 43.9 Å². The van der Waals surface area contributed by atoms with Gasteiger partial charge >= 0.3 is 10.1 Å². The number of hydrogen-bond acceptors (Lipinski definition) is 5. The highest BCUT2D eigenvalue weighted by Gasteiger charge is 2.19. The fourth-order valence-electron chi connectivity index (χ4n) is 2.48. The Hall–Kier alpha value is -1.57. The smallest absolute Gasteiger partial charge is 0.409 e. The summed E-state index contributed by atoms with van der Waals surface area (Å²) in [5, 5.41) is 0. The SMILES string of the molecule is CCC(C)c1ccc(S(=O)(=O)[OH2+])cc1.Cc1sc(C)c2c1OCCO2. The van der Waals surface area contributed by atoms with Crippen LogP contribution in [-0.4, -0.2) is 26.2 Å². The Morgan fingerprint density at radius 1 is 1.08 bits per heavy atom. The van der Waals surface area contributed by atoms with E-state index in [1.165, 1.54) is 21.9 Å². The highest BCUT2D eigenvalue weighted by atomic mass is 32.2. The summed E-state index contributed by atoms with van der Waals surface area (Å²) < 4.78 is 39.5. The van der Waals surface area contributed by atoms with Crippen LogP contribution in [0, 0.1) is 13.8 Å². The normalized spacial score (nSPS) is 14.4. The molecule has 2 N–H and O–H groups in total. The zero-order chi connectivity index (χ0) is 18.6. The maximum absolute atomic E-state index is 10.9. The molecular weight excluding hydrogens is 360 g/mol. The van der Waals surface area contributed by atoms with Gasteiger partial charge in [-0.25, -0.2) is 0 Å². The molecule has 2 aromatic rings. The Morgan fingerprint density at radius 2 is 1.56 bits per heavy atom. The number of benzene rings is 1. The number of rotatable bonds is 3. The van der Waals surface area contributed by atoms with Crippen LogP contribution in [0.15, 0.2) is 29.2 Å². The molecule has 0 amide bonds. The Bertz CT molecular complexity index is 780. The van der Waals surface area contributed by atoms with Crippen LogP contribution in [0.5, 0.6) is 11.5 Å². The van der Waals surface area contributed by atoms with Gasteiger partial charge in [0, 0.05) is 9.75 Å². The van der Waals surface area contributed by atoms with Crippen molar-refractivity contribution in [3.05, 3.63) is 39.6 Å². The summed E-state index contributed by atoms with van der Waals surface area (Å²) >= 11 is 1.74. The molecule has 25 heavy (non-hydrogen) atoms. The van der Waals surface area contributed by atoms with Gasteiger partial charge in [-0.15, -0.1) is 19.8 Å². The van der Waals surface area contributed by atoms with Gasteiger partial charge in [-0.1, -0.05) is 26.0 Å². The van der Waals surface area contributed by atoms with Gasteiger partial charge in [-0.2, -0.15) is 0 Å². The van der Waals surface area contributed by atoms with Crippen molar-refractivity contribution in [2.75, 3.05) is 13.2 Å². The minimum atomic E-state index is -3.80. The molecule has 1 aromatic carbocycles. The molecule has 2 heterocycles. The number of aryl methyl sites for hydroxylation is 2. The molecular formula is C18H25O5S2+. The van der Waals surface area contributed by atoms with E-state index in [-0.39, 0.29) is 4.90 Å². The molecule has 0 aliphatic carbocycles.